The van der Waals surface area contributed by atoms with Crippen LogP contribution in [0.1, 0.15) is 122 Å². The fourth-order valence-corrected chi connectivity index (χ4v) is 3.94. The van der Waals surface area contributed by atoms with E-state index in [1.165, 1.54) is 44.9 Å². The summed E-state index contributed by atoms with van der Waals surface area (Å²) in [6.45, 7) is 0. The van der Waals surface area contributed by atoms with Crippen molar-refractivity contribution in [2.24, 2.45) is 0 Å². The second-order valence-electron chi connectivity index (χ2n) is 9.07. The number of aliphatic hydroxyl groups is 1. The van der Waals surface area contributed by atoms with Crippen LogP contribution in [-0.2, 0) is 4.79 Å². The van der Waals surface area contributed by atoms with Crippen LogP contribution in [0.3, 0.4) is 0 Å². The van der Waals surface area contributed by atoms with Gasteiger partial charge in [0.05, 0.1) is 0 Å². The number of unbranched alkanes of at least 4 members (excludes halogenated alkanes) is 15. The zero-order valence-electron chi connectivity index (χ0n) is 20.8. The quantitative estimate of drug-likeness (QED) is 0.0530. The van der Waals surface area contributed by atoms with Crippen LogP contribution in [0.25, 0.3) is 0 Å². The van der Waals surface area contributed by atoms with Crippen molar-refractivity contribution in [2.45, 2.75) is 134 Å². The molecule has 0 rings (SSSR count). The molecule has 0 heterocycles. The number of aliphatic hydroxyl groups excluding tert-OH is 1. The van der Waals surface area contributed by atoms with Crippen molar-refractivity contribution in [2.75, 3.05) is 0 Å². The third kappa shape index (κ3) is 15.2. The highest BCUT2D eigenvalue weighted by atomic mass is 16.7. The van der Waals surface area contributed by atoms with Crippen LogP contribution >= 0.6 is 0 Å². The molecule has 0 aromatic carbocycles. The van der Waals surface area contributed by atoms with Gasteiger partial charge in [-0.15, -0.1) is 0 Å². The average molecular weight is 501 g/mol. The molecule has 11 nitrogen and oxygen atoms in total. The van der Waals surface area contributed by atoms with E-state index >= 15 is 0 Å². The van der Waals surface area contributed by atoms with E-state index in [2.05, 4.69) is 12.2 Å². The molecule has 0 aliphatic carbocycles. The Hall–Kier alpha value is -2.43. The van der Waals surface area contributed by atoms with Crippen LogP contribution < -0.4 is 0 Å². The zero-order chi connectivity index (χ0) is 26.4. The first-order chi connectivity index (χ1) is 16.8. The largest absolute Gasteiger partial charge is 0.699 e. The van der Waals surface area contributed by atoms with E-state index in [4.69, 9.17) is 5.11 Å². The van der Waals surface area contributed by atoms with E-state index < -0.39 is 33.1 Å². The minimum atomic E-state index is -3.33. The van der Waals surface area contributed by atoms with Crippen LogP contribution in [0.5, 0.6) is 0 Å². The number of allylic oxidation sites excluding steroid dienone is 2. The van der Waals surface area contributed by atoms with Gasteiger partial charge in [0, 0.05) is 0 Å². The predicted octanol–water partition coefficient (Wildman–Crippen LogP) is 5.91. The lowest BCUT2D eigenvalue weighted by molar-refractivity contribution is -0.970. The van der Waals surface area contributed by atoms with Crippen molar-refractivity contribution < 1.29 is 24.7 Å². The Morgan fingerprint density at radius 1 is 0.629 bits per heavy atom. The molecule has 0 aliphatic rings. The van der Waals surface area contributed by atoms with Gasteiger partial charge in [0.1, 0.15) is 6.10 Å². The summed E-state index contributed by atoms with van der Waals surface area (Å²) in [4.78, 5) is 38.5. The van der Waals surface area contributed by atoms with Crippen molar-refractivity contribution in [1.29, 1.82) is 0 Å². The normalized spacial score (nSPS) is 12.6. The Morgan fingerprint density at radius 3 is 1.34 bits per heavy atom. The van der Waals surface area contributed by atoms with Gasteiger partial charge in [0.2, 0.25) is 6.29 Å². The molecule has 201 valence electrons. The van der Waals surface area contributed by atoms with E-state index in [9.17, 15) is 35.1 Å². The smallest absolute Gasteiger partial charge is 0.385 e. The lowest BCUT2D eigenvalue weighted by Gasteiger charge is -2.08. The van der Waals surface area contributed by atoms with E-state index in [0.29, 0.717) is 12.8 Å². The Kier molecular flexibility index (Phi) is 19.5. The Balaban J connectivity index is 3.51. The molecule has 0 aromatic heterocycles. The molecule has 1 radical (unpaired) electrons. The van der Waals surface area contributed by atoms with Gasteiger partial charge in [-0.1, -0.05) is 89.2 Å². The Morgan fingerprint density at radius 2 is 0.971 bits per heavy atom. The molecule has 0 saturated heterocycles. The second-order valence-corrected chi connectivity index (χ2v) is 9.07. The highest BCUT2D eigenvalue weighted by Crippen LogP contribution is 2.21. The molecule has 0 aliphatic heterocycles. The minimum Gasteiger partial charge on any atom is -0.385 e. The third-order valence-electron chi connectivity index (χ3n) is 6.16. The Labute approximate surface area is 207 Å². The fourth-order valence-electron chi connectivity index (χ4n) is 3.94. The first-order valence-electron chi connectivity index (χ1n) is 12.9. The highest BCUT2D eigenvalue weighted by Gasteiger charge is 2.69. The standard InChI is InChI=1S/C24H42N3O8/c28-22-23(29)20-18-16-14-12-10-8-6-4-2-1-3-5-7-9-11-13-15-17-19-21-24(25(30)31,26(32)33)27(34)35/h5,7,23,29H,1-4,6,8-21H2. The maximum Gasteiger partial charge on any atom is 0.699 e. The molecule has 1 unspecified atom stereocenters. The van der Waals surface area contributed by atoms with Crippen LogP contribution in [0.15, 0.2) is 12.2 Å². The van der Waals surface area contributed by atoms with Gasteiger partial charge < -0.3 is 5.11 Å². The van der Waals surface area contributed by atoms with Crippen molar-refractivity contribution in [1.82, 2.24) is 0 Å². The second kappa shape index (κ2) is 20.9. The summed E-state index contributed by atoms with van der Waals surface area (Å²) in [6.07, 6.45) is 21.7. The summed E-state index contributed by atoms with van der Waals surface area (Å²) >= 11 is 0. The predicted molar refractivity (Wildman–Crippen MR) is 132 cm³/mol. The SMILES string of the molecule is O=[C]C(O)CCCCCCCCCCCCC=CCCCCCCCC([N+](=O)[O-])([N+](=O)[O-])[N+](=O)[O-]. The third-order valence-corrected chi connectivity index (χ3v) is 6.16. The molecule has 1 N–H and O–H groups in total. The highest BCUT2D eigenvalue weighted by molar-refractivity contribution is 5.56. The summed E-state index contributed by atoms with van der Waals surface area (Å²) in [5.74, 6) is -3.33. The van der Waals surface area contributed by atoms with Crippen molar-refractivity contribution >= 4 is 6.29 Å². The number of carbonyl (C=O) groups excluding carboxylic acids is 1. The van der Waals surface area contributed by atoms with Gasteiger partial charge in [0.25, 0.3) is 0 Å². The molecule has 0 bridgehead atoms. The maximum atomic E-state index is 10.9. The van der Waals surface area contributed by atoms with Gasteiger partial charge in [-0.2, -0.15) is 0 Å². The van der Waals surface area contributed by atoms with Crippen LogP contribution in [0, 0.1) is 30.3 Å². The summed E-state index contributed by atoms with van der Waals surface area (Å²) in [5.41, 5.74) is 0. The molecular weight excluding hydrogens is 458 g/mol. The van der Waals surface area contributed by atoms with Crippen LogP contribution in [0.2, 0.25) is 0 Å². The number of nitro groups is 3. The van der Waals surface area contributed by atoms with Gasteiger partial charge in [-0.3, -0.25) is 35.1 Å². The van der Waals surface area contributed by atoms with E-state index in [-0.39, 0.29) is 6.42 Å². The number of nitrogens with zero attached hydrogens (tertiary/aromatic N) is 3. The summed E-state index contributed by atoms with van der Waals surface area (Å²) in [5, 5.41) is 41.7. The molecular formula is C24H42N3O8. The number of rotatable bonds is 25. The van der Waals surface area contributed by atoms with Crippen molar-refractivity contribution in [3.05, 3.63) is 42.5 Å². The molecule has 0 amide bonds. The summed E-state index contributed by atoms with van der Waals surface area (Å²) in [7, 11) is 0. The van der Waals surface area contributed by atoms with Gasteiger partial charge >= 0.3 is 5.79 Å². The number of hydrogen-bond acceptors (Lipinski definition) is 8. The molecule has 0 fully saturated rings. The number of hydrogen-bond donors (Lipinski definition) is 1. The monoisotopic (exact) mass is 500 g/mol. The first-order valence-corrected chi connectivity index (χ1v) is 12.9. The van der Waals surface area contributed by atoms with Gasteiger partial charge in [0.15, 0.2) is 21.2 Å². The average Bonchev–Trinajstić information content (AvgIpc) is 2.81. The van der Waals surface area contributed by atoms with Gasteiger partial charge in [-0.25, -0.2) is 0 Å². The first kappa shape index (κ1) is 32.6. The summed E-state index contributed by atoms with van der Waals surface area (Å²) < 4.78 is 0. The lowest BCUT2D eigenvalue weighted by atomic mass is 10.0. The maximum absolute atomic E-state index is 10.9. The Bertz CT molecular complexity index is 606. The van der Waals surface area contributed by atoms with E-state index in [1.807, 2.05) is 0 Å². The van der Waals surface area contributed by atoms with Crippen molar-refractivity contribution in [3.63, 3.8) is 0 Å². The van der Waals surface area contributed by atoms with E-state index in [0.717, 1.165) is 51.4 Å². The van der Waals surface area contributed by atoms with Gasteiger partial charge in [-0.05, 0) is 38.5 Å². The molecule has 0 spiro atoms. The molecule has 0 saturated carbocycles. The lowest BCUT2D eigenvalue weighted by Crippen LogP contribution is -2.53. The summed E-state index contributed by atoms with van der Waals surface area (Å²) in [6, 6.07) is 0. The van der Waals surface area contributed by atoms with E-state index in [1.54, 1.807) is 6.29 Å². The topological polar surface area (TPSA) is 167 Å². The van der Waals surface area contributed by atoms with Crippen molar-refractivity contribution in [3.8, 4) is 0 Å². The molecule has 0 aromatic rings. The minimum absolute atomic E-state index is 0.0746. The fraction of sp³-hybridized carbons (Fsp3) is 0.875. The molecule has 1 atom stereocenters. The molecule has 35 heavy (non-hydrogen) atoms. The van der Waals surface area contributed by atoms with Crippen LogP contribution in [-0.4, -0.2) is 38.1 Å². The van der Waals surface area contributed by atoms with Crippen LogP contribution in [0.4, 0.5) is 0 Å². The zero-order valence-corrected chi connectivity index (χ0v) is 20.8. The molecule has 11 heteroatoms.